The Morgan fingerprint density at radius 2 is 1.81 bits per heavy atom. The van der Waals surface area contributed by atoms with Crippen LogP contribution in [0.25, 0.3) is 0 Å². The van der Waals surface area contributed by atoms with Crippen LogP contribution in [0.4, 0.5) is 0 Å². The zero-order valence-corrected chi connectivity index (χ0v) is 15.9. The molecule has 138 valence electrons. The summed E-state index contributed by atoms with van der Waals surface area (Å²) in [5, 5.41) is 3.64. The molecule has 0 fully saturated rings. The summed E-state index contributed by atoms with van der Waals surface area (Å²) < 4.78 is 16.7. The van der Waals surface area contributed by atoms with E-state index in [1.54, 1.807) is 0 Å². The number of rotatable bonds is 5. The van der Waals surface area contributed by atoms with Gasteiger partial charge in [0.15, 0.2) is 18.1 Å². The second-order valence-electron chi connectivity index (χ2n) is 6.35. The highest BCUT2D eigenvalue weighted by atomic mass is 35.5. The monoisotopic (exact) mass is 375 g/mol. The Labute approximate surface area is 158 Å². The molecule has 0 radical (unpaired) electrons. The SMILES string of the molecule is Cc1cc(OCC(=O)N[C@H](C)c2ccc3c(c2)OCCO3)cc(C)c1Cl. The van der Waals surface area contributed by atoms with Crippen LogP contribution in [0.5, 0.6) is 17.2 Å². The third kappa shape index (κ3) is 4.22. The van der Waals surface area contributed by atoms with E-state index in [1.807, 2.05) is 51.1 Å². The molecule has 5 nitrogen and oxygen atoms in total. The lowest BCUT2D eigenvalue weighted by molar-refractivity contribution is -0.123. The smallest absolute Gasteiger partial charge is 0.258 e. The van der Waals surface area contributed by atoms with Gasteiger partial charge < -0.3 is 19.5 Å². The Morgan fingerprint density at radius 1 is 1.15 bits per heavy atom. The molecule has 1 N–H and O–H groups in total. The Bertz CT molecular complexity index is 798. The van der Waals surface area contributed by atoms with Crippen molar-refractivity contribution in [1.82, 2.24) is 5.32 Å². The predicted octanol–water partition coefficient (Wildman–Crippen LogP) is 3.98. The number of fused-ring (bicyclic) bond motifs is 1. The van der Waals surface area contributed by atoms with Crippen molar-refractivity contribution in [3.8, 4) is 17.2 Å². The molecule has 6 heteroatoms. The van der Waals surface area contributed by atoms with Crippen LogP contribution in [0.2, 0.25) is 5.02 Å². The fraction of sp³-hybridized carbons (Fsp3) is 0.350. The van der Waals surface area contributed by atoms with Crippen molar-refractivity contribution in [3.05, 3.63) is 52.0 Å². The van der Waals surface area contributed by atoms with Gasteiger partial charge in [-0.3, -0.25) is 4.79 Å². The van der Waals surface area contributed by atoms with Crippen molar-refractivity contribution < 1.29 is 19.0 Å². The second kappa shape index (κ2) is 7.87. The first kappa shape index (κ1) is 18.4. The lowest BCUT2D eigenvalue weighted by atomic mass is 10.1. The highest BCUT2D eigenvalue weighted by Crippen LogP contribution is 2.32. The van der Waals surface area contributed by atoms with Gasteiger partial charge in [-0.25, -0.2) is 0 Å². The van der Waals surface area contributed by atoms with E-state index in [2.05, 4.69) is 5.32 Å². The van der Waals surface area contributed by atoms with E-state index in [4.69, 9.17) is 25.8 Å². The van der Waals surface area contributed by atoms with Gasteiger partial charge in [0.1, 0.15) is 19.0 Å². The number of aryl methyl sites for hydroxylation is 2. The molecule has 0 bridgehead atoms. The third-order valence-corrected chi connectivity index (χ3v) is 4.82. The summed E-state index contributed by atoms with van der Waals surface area (Å²) in [7, 11) is 0. The Balaban J connectivity index is 1.58. The number of ether oxygens (including phenoxy) is 3. The minimum Gasteiger partial charge on any atom is -0.486 e. The zero-order chi connectivity index (χ0) is 18.7. The lowest BCUT2D eigenvalue weighted by Crippen LogP contribution is -2.31. The summed E-state index contributed by atoms with van der Waals surface area (Å²) in [6.07, 6.45) is 0. The number of hydrogen-bond donors (Lipinski definition) is 1. The number of amides is 1. The van der Waals surface area contributed by atoms with Gasteiger partial charge in [0.25, 0.3) is 5.91 Å². The number of hydrogen-bond acceptors (Lipinski definition) is 4. The fourth-order valence-electron chi connectivity index (χ4n) is 2.83. The molecule has 2 aromatic rings. The van der Waals surface area contributed by atoms with Crippen LogP contribution in [0, 0.1) is 13.8 Å². The molecule has 0 aromatic heterocycles. The molecule has 1 aliphatic heterocycles. The maximum atomic E-state index is 12.2. The molecule has 0 saturated carbocycles. The molecule has 1 heterocycles. The normalized spacial score (nSPS) is 13.8. The minimum absolute atomic E-state index is 0.0601. The third-order valence-electron chi connectivity index (χ3n) is 4.22. The van der Waals surface area contributed by atoms with E-state index in [1.165, 1.54) is 0 Å². The molecule has 1 atom stereocenters. The zero-order valence-electron chi connectivity index (χ0n) is 15.1. The van der Waals surface area contributed by atoms with E-state index in [0.717, 1.165) is 22.4 Å². The van der Waals surface area contributed by atoms with Gasteiger partial charge >= 0.3 is 0 Å². The number of halogens is 1. The van der Waals surface area contributed by atoms with Crippen molar-refractivity contribution in [2.45, 2.75) is 26.8 Å². The van der Waals surface area contributed by atoms with Gasteiger partial charge in [-0.05, 0) is 61.7 Å². The quantitative estimate of drug-likeness (QED) is 0.858. The summed E-state index contributed by atoms with van der Waals surface area (Å²) in [6, 6.07) is 9.16. The molecule has 3 rings (SSSR count). The highest BCUT2D eigenvalue weighted by molar-refractivity contribution is 6.32. The lowest BCUT2D eigenvalue weighted by Gasteiger charge is -2.21. The van der Waals surface area contributed by atoms with Crippen molar-refractivity contribution in [3.63, 3.8) is 0 Å². The Morgan fingerprint density at radius 3 is 2.50 bits per heavy atom. The first-order valence-corrected chi connectivity index (χ1v) is 8.90. The summed E-state index contributed by atoms with van der Waals surface area (Å²) in [5.41, 5.74) is 2.79. The fourth-order valence-corrected chi connectivity index (χ4v) is 2.94. The van der Waals surface area contributed by atoms with Gasteiger partial charge in [0.2, 0.25) is 0 Å². The molecule has 1 amide bonds. The molecule has 0 aliphatic carbocycles. The molecule has 2 aromatic carbocycles. The molecule has 0 spiro atoms. The summed E-state index contributed by atoms with van der Waals surface area (Å²) in [4.78, 5) is 12.2. The molecular weight excluding hydrogens is 354 g/mol. The Hall–Kier alpha value is -2.40. The first-order valence-electron chi connectivity index (χ1n) is 8.52. The average Bonchev–Trinajstić information content (AvgIpc) is 2.63. The molecule has 0 unspecified atom stereocenters. The summed E-state index contributed by atoms with van der Waals surface area (Å²) >= 11 is 6.15. The van der Waals surface area contributed by atoms with E-state index in [9.17, 15) is 4.79 Å². The van der Waals surface area contributed by atoms with Crippen LogP contribution in [-0.2, 0) is 4.79 Å². The van der Waals surface area contributed by atoms with Gasteiger partial charge in [-0.15, -0.1) is 0 Å². The van der Waals surface area contributed by atoms with Crippen molar-refractivity contribution in [2.24, 2.45) is 0 Å². The number of carbonyl (C=O) groups excluding carboxylic acids is 1. The van der Waals surface area contributed by atoms with Crippen LogP contribution in [0.1, 0.15) is 29.7 Å². The van der Waals surface area contributed by atoms with Gasteiger partial charge in [-0.1, -0.05) is 17.7 Å². The van der Waals surface area contributed by atoms with Gasteiger partial charge in [0.05, 0.1) is 6.04 Å². The van der Waals surface area contributed by atoms with E-state index in [-0.39, 0.29) is 18.6 Å². The van der Waals surface area contributed by atoms with E-state index >= 15 is 0 Å². The minimum atomic E-state index is -0.197. The topological polar surface area (TPSA) is 56.8 Å². The number of nitrogens with one attached hydrogen (secondary N) is 1. The predicted molar refractivity (Wildman–Crippen MR) is 100 cm³/mol. The maximum Gasteiger partial charge on any atom is 0.258 e. The van der Waals surface area contributed by atoms with Gasteiger partial charge in [0, 0.05) is 5.02 Å². The largest absolute Gasteiger partial charge is 0.486 e. The van der Waals surface area contributed by atoms with Crippen molar-refractivity contribution in [1.29, 1.82) is 0 Å². The van der Waals surface area contributed by atoms with Crippen LogP contribution in [0.3, 0.4) is 0 Å². The number of carbonyl (C=O) groups is 1. The molecule has 0 saturated heterocycles. The maximum absolute atomic E-state index is 12.2. The Kier molecular flexibility index (Phi) is 5.57. The van der Waals surface area contributed by atoms with Crippen molar-refractivity contribution >= 4 is 17.5 Å². The van der Waals surface area contributed by atoms with Gasteiger partial charge in [-0.2, -0.15) is 0 Å². The summed E-state index contributed by atoms with van der Waals surface area (Å²) in [6.45, 7) is 6.76. The van der Waals surface area contributed by atoms with Crippen LogP contribution in [-0.4, -0.2) is 25.7 Å². The van der Waals surface area contributed by atoms with Crippen molar-refractivity contribution in [2.75, 3.05) is 19.8 Å². The first-order chi connectivity index (χ1) is 12.4. The highest BCUT2D eigenvalue weighted by Gasteiger charge is 2.16. The van der Waals surface area contributed by atoms with Crippen LogP contribution >= 0.6 is 11.6 Å². The second-order valence-corrected chi connectivity index (χ2v) is 6.73. The molecular formula is C20H22ClNO4. The summed E-state index contributed by atoms with van der Waals surface area (Å²) in [5.74, 6) is 1.87. The number of benzene rings is 2. The van der Waals surface area contributed by atoms with E-state index in [0.29, 0.717) is 29.7 Å². The van der Waals surface area contributed by atoms with Crippen LogP contribution < -0.4 is 19.5 Å². The van der Waals surface area contributed by atoms with E-state index < -0.39 is 0 Å². The molecule has 26 heavy (non-hydrogen) atoms. The van der Waals surface area contributed by atoms with Crippen LogP contribution in [0.15, 0.2) is 30.3 Å². The average molecular weight is 376 g/mol. The standard InChI is InChI=1S/C20H22ClNO4/c1-12-8-16(9-13(2)20(12)21)26-11-19(23)22-14(3)15-4-5-17-18(10-15)25-7-6-24-17/h4-5,8-10,14H,6-7,11H2,1-3H3,(H,22,23)/t14-/m1/s1. The molecule has 1 aliphatic rings.